The van der Waals surface area contributed by atoms with E-state index in [1.165, 1.54) is 0 Å². The molecule has 1 fully saturated rings. The van der Waals surface area contributed by atoms with Gasteiger partial charge in [-0.2, -0.15) is 0 Å². The molecule has 2 atom stereocenters. The van der Waals surface area contributed by atoms with Crippen LogP contribution in [0, 0.1) is 24.7 Å². The molecule has 1 aliphatic carbocycles. The Hall–Kier alpha value is -4.65. The Labute approximate surface area is 219 Å². The summed E-state index contributed by atoms with van der Waals surface area (Å²) in [7, 11) is 0. The summed E-state index contributed by atoms with van der Waals surface area (Å²) in [6.07, 6.45) is -0.0606. The number of ether oxygens (including phenoxy) is 1. The van der Waals surface area contributed by atoms with E-state index in [4.69, 9.17) is 4.74 Å². The van der Waals surface area contributed by atoms with Gasteiger partial charge in [0.05, 0.1) is 30.0 Å². The molecule has 1 aliphatic rings. The zero-order valence-electron chi connectivity index (χ0n) is 20.8. The summed E-state index contributed by atoms with van der Waals surface area (Å²) in [6, 6.07) is 28.2. The zero-order chi connectivity index (χ0) is 26.8. The first kappa shape index (κ1) is 25.0. The molecule has 1 amide bonds. The van der Waals surface area contributed by atoms with E-state index in [2.05, 4.69) is 0 Å². The Bertz CT molecular complexity index is 1480. The predicted octanol–water partition coefficient (Wildman–Crippen LogP) is 5.90. The van der Waals surface area contributed by atoms with E-state index < -0.39 is 35.6 Å². The fourth-order valence-electron chi connectivity index (χ4n) is 5.14. The number of rotatable bonds is 8. The number of aliphatic carboxylic acids is 2. The van der Waals surface area contributed by atoms with Crippen molar-refractivity contribution in [3.63, 3.8) is 0 Å². The minimum absolute atomic E-state index is 0.0606. The smallest absolute Gasteiger partial charge is 0.307 e. The van der Waals surface area contributed by atoms with Crippen molar-refractivity contribution in [2.45, 2.75) is 19.9 Å². The van der Waals surface area contributed by atoms with Gasteiger partial charge in [-0.25, -0.2) is 0 Å². The molecule has 4 aromatic rings. The van der Waals surface area contributed by atoms with Gasteiger partial charge in [-0.3, -0.25) is 14.4 Å². The van der Waals surface area contributed by atoms with Gasteiger partial charge >= 0.3 is 11.9 Å². The van der Waals surface area contributed by atoms with Gasteiger partial charge in [0.1, 0.15) is 11.5 Å². The minimum atomic E-state index is -1.15. The molecule has 0 heterocycles. The van der Waals surface area contributed by atoms with Crippen LogP contribution in [0.5, 0.6) is 11.5 Å². The topological polar surface area (TPSA) is 104 Å². The summed E-state index contributed by atoms with van der Waals surface area (Å²) in [5.74, 6) is -4.70. The average molecular weight is 510 g/mol. The number of benzene rings is 4. The molecular formula is C31H27NO6. The van der Waals surface area contributed by atoms with Crippen LogP contribution in [0.2, 0.25) is 0 Å². The Balaban J connectivity index is 1.53. The summed E-state index contributed by atoms with van der Waals surface area (Å²) in [5, 5.41) is 21.2. The Morgan fingerprint density at radius 1 is 0.789 bits per heavy atom. The Morgan fingerprint density at radius 3 is 2.05 bits per heavy atom. The summed E-state index contributed by atoms with van der Waals surface area (Å²) < 4.78 is 5.88. The highest BCUT2D eigenvalue weighted by atomic mass is 16.5. The number of carbonyl (C=O) groups is 3. The van der Waals surface area contributed by atoms with Crippen LogP contribution in [0.25, 0.3) is 10.8 Å². The summed E-state index contributed by atoms with van der Waals surface area (Å²) in [6.45, 7) is 2.04. The lowest BCUT2D eigenvalue weighted by atomic mass is 9.64. The number of carbonyl (C=O) groups excluding carboxylic acids is 1. The molecule has 7 nitrogen and oxygen atoms in total. The van der Waals surface area contributed by atoms with Crippen LogP contribution in [0.15, 0.2) is 91.0 Å². The van der Waals surface area contributed by atoms with Crippen molar-refractivity contribution in [3.8, 4) is 11.5 Å². The van der Waals surface area contributed by atoms with Gasteiger partial charge in [0.2, 0.25) is 5.91 Å². The van der Waals surface area contributed by atoms with Gasteiger partial charge in [0, 0.05) is 5.39 Å². The van der Waals surface area contributed by atoms with Crippen LogP contribution >= 0.6 is 0 Å². The first-order valence-corrected chi connectivity index (χ1v) is 12.4. The van der Waals surface area contributed by atoms with Gasteiger partial charge in [0.15, 0.2) is 0 Å². The zero-order valence-corrected chi connectivity index (χ0v) is 20.8. The van der Waals surface area contributed by atoms with Gasteiger partial charge in [-0.05, 0) is 54.1 Å². The van der Waals surface area contributed by atoms with Crippen molar-refractivity contribution in [1.29, 1.82) is 0 Å². The van der Waals surface area contributed by atoms with Crippen molar-refractivity contribution < 1.29 is 29.3 Å². The maximum Gasteiger partial charge on any atom is 0.307 e. The molecule has 38 heavy (non-hydrogen) atoms. The molecule has 0 radical (unpaired) electrons. The van der Waals surface area contributed by atoms with Crippen LogP contribution in [0.3, 0.4) is 0 Å². The van der Waals surface area contributed by atoms with Gasteiger partial charge in [0.25, 0.3) is 0 Å². The molecule has 4 aromatic carbocycles. The second-order valence-corrected chi connectivity index (χ2v) is 9.59. The summed E-state index contributed by atoms with van der Waals surface area (Å²) in [5.41, 5.74) is 2.28. The number of anilines is 1. The number of carboxylic acids is 2. The normalized spacial score (nSPS) is 18.4. The molecule has 5 rings (SSSR count). The molecule has 0 aliphatic heterocycles. The van der Waals surface area contributed by atoms with Crippen LogP contribution < -0.4 is 9.64 Å². The standard InChI is InChI=1S/C31H27NO6/c1-19-11-14-21-7-5-6-10-24(21)28(19)32(29(33)27-25(30(34)35)17-26(27)31(36)37)18-20-12-15-23(16-13-20)38-22-8-3-2-4-9-22/h2-16,25-27H,17-18H2,1H3,(H,34,35)(H,36,37). The number of aryl methyl sites for hydroxylation is 1. The second-order valence-electron chi connectivity index (χ2n) is 9.59. The Kier molecular flexibility index (Phi) is 6.83. The molecule has 0 saturated heterocycles. The molecule has 0 aromatic heterocycles. The van der Waals surface area contributed by atoms with Crippen LogP contribution in [0.4, 0.5) is 5.69 Å². The van der Waals surface area contributed by atoms with Gasteiger partial charge < -0.3 is 19.8 Å². The molecule has 1 saturated carbocycles. The quantitative estimate of drug-likeness (QED) is 0.307. The summed E-state index contributed by atoms with van der Waals surface area (Å²) in [4.78, 5) is 39.3. The van der Waals surface area contributed by atoms with Crippen molar-refractivity contribution in [1.82, 2.24) is 0 Å². The molecule has 2 N–H and O–H groups in total. The molecule has 0 bridgehead atoms. The number of fused-ring (bicyclic) bond motifs is 1. The number of carboxylic acid groups (broad SMARTS) is 2. The lowest BCUT2D eigenvalue weighted by Crippen LogP contribution is -2.54. The van der Waals surface area contributed by atoms with E-state index in [9.17, 15) is 24.6 Å². The van der Waals surface area contributed by atoms with Crippen molar-refractivity contribution >= 4 is 34.3 Å². The van der Waals surface area contributed by atoms with E-state index in [-0.39, 0.29) is 13.0 Å². The second kappa shape index (κ2) is 10.4. The van der Waals surface area contributed by atoms with Gasteiger partial charge in [-0.1, -0.05) is 66.7 Å². The monoisotopic (exact) mass is 509 g/mol. The average Bonchev–Trinajstić information content (AvgIpc) is 2.88. The lowest BCUT2D eigenvalue weighted by Gasteiger charge is -2.41. The number of amides is 1. The largest absolute Gasteiger partial charge is 0.481 e. The highest BCUT2D eigenvalue weighted by Gasteiger charge is 2.54. The fraction of sp³-hybridized carbons (Fsp3) is 0.194. The van der Waals surface area contributed by atoms with Crippen molar-refractivity contribution in [2.75, 3.05) is 4.90 Å². The lowest BCUT2D eigenvalue weighted by molar-refractivity contribution is -0.166. The number of hydrogen-bond donors (Lipinski definition) is 2. The van der Waals surface area contributed by atoms with E-state index in [0.29, 0.717) is 17.2 Å². The van der Waals surface area contributed by atoms with Crippen molar-refractivity contribution in [2.24, 2.45) is 17.8 Å². The minimum Gasteiger partial charge on any atom is -0.481 e. The maximum absolute atomic E-state index is 14.0. The highest BCUT2D eigenvalue weighted by Crippen LogP contribution is 2.44. The predicted molar refractivity (Wildman–Crippen MR) is 143 cm³/mol. The molecule has 2 unspecified atom stereocenters. The third kappa shape index (κ3) is 4.83. The number of nitrogens with zero attached hydrogens (tertiary/aromatic N) is 1. The van der Waals surface area contributed by atoms with E-state index in [1.54, 1.807) is 4.90 Å². The molecule has 0 spiro atoms. The van der Waals surface area contributed by atoms with Crippen LogP contribution in [0.1, 0.15) is 17.5 Å². The number of hydrogen-bond acceptors (Lipinski definition) is 4. The highest BCUT2D eigenvalue weighted by molar-refractivity contribution is 6.08. The fourth-order valence-corrected chi connectivity index (χ4v) is 5.14. The van der Waals surface area contributed by atoms with Crippen LogP contribution in [-0.2, 0) is 20.9 Å². The third-order valence-electron chi connectivity index (χ3n) is 7.18. The van der Waals surface area contributed by atoms with E-state index in [0.717, 1.165) is 21.9 Å². The first-order chi connectivity index (χ1) is 18.3. The molecule has 7 heteroatoms. The number of para-hydroxylation sites is 1. The van der Waals surface area contributed by atoms with E-state index in [1.807, 2.05) is 97.9 Å². The third-order valence-corrected chi connectivity index (χ3v) is 7.18. The molecular weight excluding hydrogens is 482 g/mol. The first-order valence-electron chi connectivity index (χ1n) is 12.4. The van der Waals surface area contributed by atoms with E-state index >= 15 is 0 Å². The summed E-state index contributed by atoms with van der Waals surface area (Å²) >= 11 is 0. The molecule has 192 valence electrons. The Morgan fingerprint density at radius 2 is 1.39 bits per heavy atom. The SMILES string of the molecule is Cc1ccc2ccccc2c1N(Cc1ccc(Oc2ccccc2)cc1)C(=O)C1C(C(=O)O)CC1C(=O)O. The van der Waals surface area contributed by atoms with Crippen LogP contribution in [-0.4, -0.2) is 28.1 Å². The maximum atomic E-state index is 14.0. The van der Waals surface area contributed by atoms with Crippen molar-refractivity contribution in [3.05, 3.63) is 102 Å². The van der Waals surface area contributed by atoms with Gasteiger partial charge in [-0.15, -0.1) is 0 Å².